The van der Waals surface area contributed by atoms with Gasteiger partial charge in [-0.2, -0.15) is 5.26 Å². The number of carboxylic acid groups (broad SMARTS) is 1. The van der Waals surface area contributed by atoms with Gasteiger partial charge in [-0.1, -0.05) is 12.1 Å². The summed E-state index contributed by atoms with van der Waals surface area (Å²) >= 11 is 0. The van der Waals surface area contributed by atoms with Crippen LogP contribution in [-0.2, 0) is 14.3 Å². The van der Waals surface area contributed by atoms with Crippen molar-refractivity contribution in [1.29, 1.82) is 5.26 Å². The summed E-state index contributed by atoms with van der Waals surface area (Å²) in [7, 11) is 0. The summed E-state index contributed by atoms with van der Waals surface area (Å²) in [5.41, 5.74) is 0.299. The zero-order chi connectivity index (χ0) is 15.3. The van der Waals surface area contributed by atoms with E-state index in [4.69, 9.17) is 15.1 Å². The summed E-state index contributed by atoms with van der Waals surface area (Å²) in [5.74, 6) is -2.53. The van der Waals surface area contributed by atoms with E-state index in [9.17, 15) is 9.59 Å². The van der Waals surface area contributed by atoms with Crippen molar-refractivity contribution in [3.8, 4) is 6.07 Å². The molecule has 20 heavy (non-hydrogen) atoms. The van der Waals surface area contributed by atoms with Gasteiger partial charge >= 0.3 is 11.9 Å². The lowest BCUT2D eigenvalue weighted by Gasteiger charge is -2.23. The molecular weight excluding hydrogens is 258 g/mol. The van der Waals surface area contributed by atoms with Crippen LogP contribution >= 0.6 is 0 Å². The number of carbonyl (C=O) groups excluding carboxylic acids is 1. The van der Waals surface area contributed by atoms with Crippen molar-refractivity contribution in [3.05, 3.63) is 35.4 Å². The average Bonchev–Trinajstić information content (AvgIpc) is 2.34. The zero-order valence-corrected chi connectivity index (χ0v) is 11.7. The molecule has 0 saturated heterocycles. The predicted octanol–water partition coefficient (Wildman–Crippen LogP) is 2.46. The number of hydrogen-bond donors (Lipinski definition) is 1. The number of ether oxygens (including phenoxy) is 1. The largest absolute Gasteiger partial charge is 0.481 e. The van der Waals surface area contributed by atoms with Crippen molar-refractivity contribution in [2.45, 2.75) is 38.7 Å². The molecule has 1 atom stereocenters. The SMILES string of the molecule is CC(C)(C)OC(=O)[C@@H](CC(=O)O)c1ccc(C#N)cc1. The van der Waals surface area contributed by atoms with Gasteiger partial charge in [-0.05, 0) is 38.5 Å². The molecule has 0 bridgehead atoms. The van der Waals surface area contributed by atoms with Crippen LogP contribution in [0.5, 0.6) is 0 Å². The van der Waals surface area contributed by atoms with E-state index in [2.05, 4.69) is 0 Å². The van der Waals surface area contributed by atoms with Crippen LogP contribution in [0.1, 0.15) is 44.2 Å². The van der Waals surface area contributed by atoms with E-state index >= 15 is 0 Å². The van der Waals surface area contributed by atoms with Gasteiger partial charge in [0.1, 0.15) is 5.60 Å². The summed E-state index contributed by atoms with van der Waals surface area (Å²) in [6.07, 6.45) is -0.346. The Bertz CT molecular complexity index is 534. The molecule has 1 rings (SSSR count). The van der Waals surface area contributed by atoms with Crippen LogP contribution < -0.4 is 0 Å². The molecule has 0 aliphatic carbocycles. The van der Waals surface area contributed by atoms with Crippen molar-refractivity contribution in [3.63, 3.8) is 0 Å². The maximum Gasteiger partial charge on any atom is 0.314 e. The molecule has 5 heteroatoms. The Morgan fingerprint density at radius 2 is 1.85 bits per heavy atom. The van der Waals surface area contributed by atoms with E-state index < -0.39 is 23.5 Å². The minimum atomic E-state index is -1.08. The second-order valence-electron chi connectivity index (χ2n) is 5.42. The van der Waals surface area contributed by atoms with Crippen molar-refractivity contribution >= 4 is 11.9 Å². The highest BCUT2D eigenvalue weighted by Crippen LogP contribution is 2.24. The third-order valence-corrected chi connectivity index (χ3v) is 2.51. The second kappa shape index (κ2) is 6.20. The van der Waals surface area contributed by atoms with Gasteiger partial charge in [-0.3, -0.25) is 9.59 Å². The second-order valence-corrected chi connectivity index (χ2v) is 5.42. The lowest BCUT2D eigenvalue weighted by atomic mass is 9.94. The van der Waals surface area contributed by atoms with Crippen molar-refractivity contribution < 1.29 is 19.4 Å². The van der Waals surface area contributed by atoms with Crippen LogP contribution in [0.15, 0.2) is 24.3 Å². The number of nitrogens with zero attached hydrogens (tertiary/aromatic N) is 1. The summed E-state index contributed by atoms with van der Waals surface area (Å²) < 4.78 is 5.24. The first kappa shape index (κ1) is 15.7. The van der Waals surface area contributed by atoms with E-state index in [1.165, 1.54) is 0 Å². The Labute approximate surface area is 117 Å². The van der Waals surface area contributed by atoms with Gasteiger partial charge in [0, 0.05) is 0 Å². The predicted molar refractivity (Wildman–Crippen MR) is 72.0 cm³/mol. The summed E-state index contributed by atoms with van der Waals surface area (Å²) in [6.45, 7) is 5.17. The average molecular weight is 275 g/mol. The summed E-state index contributed by atoms with van der Waals surface area (Å²) in [5, 5.41) is 17.7. The molecule has 0 aromatic heterocycles. The van der Waals surface area contributed by atoms with E-state index in [-0.39, 0.29) is 6.42 Å². The monoisotopic (exact) mass is 275 g/mol. The minimum Gasteiger partial charge on any atom is -0.481 e. The number of esters is 1. The van der Waals surface area contributed by atoms with Crippen LogP contribution in [0, 0.1) is 11.3 Å². The Hall–Kier alpha value is -2.35. The fourth-order valence-corrected chi connectivity index (χ4v) is 1.67. The highest BCUT2D eigenvalue weighted by molar-refractivity contribution is 5.84. The fourth-order valence-electron chi connectivity index (χ4n) is 1.67. The zero-order valence-electron chi connectivity index (χ0n) is 11.7. The van der Waals surface area contributed by atoms with Gasteiger partial charge in [-0.15, -0.1) is 0 Å². The maximum absolute atomic E-state index is 12.1. The van der Waals surface area contributed by atoms with Crippen molar-refractivity contribution in [1.82, 2.24) is 0 Å². The van der Waals surface area contributed by atoms with Gasteiger partial charge in [0.25, 0.3) is 0 Å². The van der Waals surface area contributed by atoms with Gasteiger partial charge in [-0.25, -0.2) is 0 Å². The number of hydrogen-bond acceptors (Lipinski definition) is 4. The number of aliphatic carboxylic acids is 1. The van der Waals surface area contributed by atoms with E-state index in [0.717, 1.165) is 0 Å². The fraction of sp³-hybridized carbons (Fsp3) is 0.400. The molecule has 0 fully saturated rings. The Morgan fingerprint density at radius 3 is 2.25 bits per heavy atom. The Morgan fingerprint density at radius 1 is 1.30 bits per heavy atom. The third kappa shape index (κ3) is 4.73. The summed E-state index contributed by atoms with van der Waals surface area (Å²) in [4.78, 5) is 23.0. The molecule has 0 heterocycles. The van der Waals surface area contributed by atoms with Gasteiger partial charge in [0.05, 0.1) is 24.0 Å². The Balaban J connectivity index is 3.02. The molecule has 5 nitrogen and oxygen atoms in total. The van der Waals surface area contributed by atoms with Crippen LogP contribution in [-0.4, -0.2) is 22.6 Å². The topological polar surface area (TPSA) is 87.4 Å². The molecule has 0 aliphatic rings. The van der Waals surface area contributed by atoms with Gasteiger partial charge in [0.2, 0.25) is 0 Å². The summed E-state index contributed by atoms with van der Waals surface area (Å²) in [6, 6.07) is 8.23. The molecule has 0 unspecified atom stereocenters. The van der Waals surface area contributed by atoms with E-state index in [1.807, 2.05) is 6.07 Å². The number of benzene rings is 1. The molecule has 1 aromatic carbocycles. The molecule has 0 radical (unpaired) electrons. The molecule has 0 spiro atoms. The van der Waals surface area contributed by atoms with Crippen LogP contribution in [0.4, 0.5) is 0 Å². The number of carboxylic acids is 1. The van der Waals surface area contributed by atoms with E-state index in [1.54, 1.807) is 45.0 Å². The minimum absolute atomic E-state index is 0.346. The molecule has 0 aliphatic heterocycles. The maximum atomic E-state index is 12.1. The molecule has 0 amide bonds. The smallest absolute Gasteiger partial charge is 0.314 e. The lowest BCUT2D eigenvalue weighted by molar-refractivity contribution is -0.159. The number of rotatable bonds is 4. The number of carbonyl (C=O) groups is 2. The number of nitriles is 1. The third-order valence-electron chi connectivity index (χ3n) is 2.51. The quantitative estimate of drug-likeness (QED) is 0.853. The molecule has 1 aromatic rings. The van der Waals surface area contributed by atoms with E-state index in [0.29, 0.717) is 11.1 Å². The van der Waals surface area contributed by atoms with Crippen molar-refractivity contribution in [2.24, 2.45) is 0 Å². The molecular formula is C15H17NO4. The molecule has 0 saturated carbocycles. The normalized spacial score (nSPS) is 12.3. The highest BCUT2D eigenvalue weighted by Gasteiger charge is 2.28. The molecule has 106 valence electrons. The molecule has 1 N–H and O–H groups in total. The van der Waals surface area contributed by atoms with Crippen LogP contribution in [0.2, 0.25) is 0 Å². The van der Waals surface area contributed by atoms with Crippen LogP contribution in [0.25, 0.3) is 0 Å². The standard InChI is InChI=1S/C15H17NO4/c1-15(2,3)20-14(19)12(8-13(17)18)11-6-4-10(9-16)5-7-11/h4-7,12H,8H2,1-3H3,(H,17,18)/t12-/m0/s1. The van der Waals surface area contributed by atoms with Gasteiger partial charge in [0.15, 0.2) is 0 Å². The first-order chi connectivity index (χ1) is 9.23. The van der Waals surface area contributed by atoms with Crippen LogP contribution in [0.3, 0.4) is 0 Å². The Kier molecular flexibility index (Phi) is 4.87. The first-order valence-electron chi connectivity index (χ1n) is 6.17. The van der Waals surface area contributed by atoms with Gasteiger partial charge < -0.3 is 9.84 Å². The highest BCUT2D eigenvalue weighted by atomic mass is 16.6. The lowest BCUT2D eigenvalue weighted by Crippen LogP contribution is -2.29. The van der Waals surface area contributed by atoms with Crippen molar-refractivity contribution in [2.75, 3.05) is 0 Å². The first-order valence-corrected chi connectivity index (χ1v) is 6.17.